The van der Waals surface area contributed by atoms with Gasteiger partial charge in [-0.1, -0.05) is 30.3 Å². The molecule has 0 aliphatic rings. The van der Waals surface area contributed by atoms with Gasteiger partial charge in [0.1, 0.15) is 17.7 Å². The standard InChI is InChI=1S/C16H16ClNO2/c1-12(17)16(19)18-14-7-9-15(10-8-14)20-11-13-5-3-2-4-6-13/h2-10,12H,11H2,1H3,(H,18,19). The third-order valence-corrected chi connectivity index (χ3v) is 2.93. The summed E-state index contributed by atoms with van der Waals surface area (Å²) in [5, 5.41) is 2.16. The van der Waals surface area contributed by atoms with Crippen LogP contribution < -0.4 is 10.1 Å². The number of carbonyl (C=O) groups excluding carboxylic acids is 1. The fourth-order valence-electron chi connectivity index (χ4n) is 1.62. The Labute approximate surface area is 123 Å². The van der Waals surface area contributed by atoms with E-state index in [1.165, 1.54) is 0 Å². The predicted octanol–water partition coefficient (Wildman–Crippen LogP) is 3.83. The van der Waals surface area contributed by atoms with Gasteiger partial charge >= 0.3 is 0 Å². The fourth-order valence-corrected chi connectivity index (χ4v) is 1.67. The molecule has 0 radical (unpaired) electrons. The van der Waals surface area contributed by atoms with Gasteiger partial charge in [0, 0.05) is 5.69 Å². The van der Waals surface area contributed by atoms with Crippen molar-refractivity contribution in [2.24, 2.45) is 0 Å². The van der Waals surface area contributed by atoms with Crippen LogP contribution >= 0.6 is 11.6 Å². The van der Waals surface area contributed by atoms with E-state index >= 15 is 0 Å². The quantitative estimate of drug-likeness (QED) is 0.850. The van der Waals surface area contributed by atoms with Gasteiger partial charge in [0.25, 0.3) is 0 Å². The molecule has 0 spiro atoms. The molecule has 1 N–H and O–H groups in total. The molecular formula is C16H16ClNO2. The summed E-state index contributed by atoms with van der Waals surface area (Å²) in [6.07, 6.45) is 0. The first-order valence-corrected chi connectivity index (χ1v) is 6.80. The molecule has 0 heterocycles. The van der Waals surface area contributed by atoms with Crippen molar-refractivity contribution in [2.75, 3.05) is 5.32 Å². The highest BCUT2D eigenvalue weighted by molar-refractivity contribution is 6.32. The lowest BCUT2D eigenvalue weighted by Crippen LogP contribution is -2.20. The molecule has 0 saturated heterocycles. The zero-order valence-corrected chi connectivity index (χ0v) is 11.9. The van der Waals surface area contributed by atoms with Crippen molar-refractivity contribution in [3.63, 3.8) is 0 Å². The molecule has 0 saturated carbocycles. The smallest absolute Gasteiger partial charge is 0.242 e. The molecule has 20 heavy (non-hydrogen) atoms. The van der Waals surface area contributed by atoms with Gasteiger partial charge in [-0.15, -0.1) is 11.6 Å². The summed E-state index contributed by atoms with van der Waals surface area (Å²) >= 11 is 5.69. The lowest BCUT2D eigenvalue weighted by molar-refractivity contribution is -0.115. The number of rotatable bonds is 5. The molecule has 3 nitrogen and oxygen atoms in total. The Morgan fingerprint density at radius 3 is 2.40 bits per heavy atom. The van der Waals surface area contributed by atoms with Crippen molar-refractivity contribution in [2.45, 2.75) is 18.9 Å². The minimum absolute atomic E-state index is 0.218. The minimum Gasteiger partial charge on any atom is -0.489 e. The van der Waals surface area contributed by atoms with Crippen LogP contribution in [0.25, 0.3) is 0 Å². The Morgan fingerprint density at radius 1 is 1.15 bits per heavy atom. The molecule has 0 aliphatic carbocycles. The number of hydrogen-bond donors (Lipinski definition) is 1. The number of carbonyl (C=O) groups is 1. The molecule has 2 aromatic carbocycles. The number of amides is 1. The first kappa shape index (κ1) is 14.4. The monoisotopic (exact) mass is 289 g/mol. The highest BCUT2D eigenvalue weighted by atomic mass is 35.5. The number of nitrogens with one attached hydrogen (secondary N) is 1. The van der Waals surface area contributed by atoms with Gasteiger partial charge in [-0.05, 0) is 36.8 Å². The molecule has 0 aromatic heterocycles. The molecule has 1 amide bonds. The van der Waals surface area contributed by atoms with Gasteiger partial charge < -0.3 is 10.1 Å². The van der Waals surface area contributed by atoms with E-state index in [4.69, 9.17) is 16.3 Å². The van der Waals surface area contributed by atoms with Crippen LogP contribution in [0.2, 0.25) is 0 Å². The van der Waals surface area contributed by atoms with Crippen LogP contribution in [-0.4, -0.2) is 11.3 Å². The largest absolute Gasteiger partial charge is 0.489 e. The number of anilines is 1. The number of alkyl halides is 1. The van der Waals surface area contributed by atoms with Crippen molar-refractivity contribution in [1.82, 2.24) is 0 Å². The second-order valence-electron chi connectivity index (χ2n) is 4.40. The van der Waals surface area contributed by atoms with E-state index in [9.17, 15) is 4.79 Å². The summed E-state index contributed by atoms with van der Waals surface area (Å²) in [5.74, 6) is 0.537. The van der Waals surface area contributed by atoms with Crippen molar-refractivity contribution in [3.05, 3.63) is 60.2 Å². The Bertz CT molecular complexity index is 552. The first-order chi connectivity index (χ1) is 9.65. The minimum atomic E-state index is -0.552. The molecule has 2 rings (SSSR count). The van der Waals surface area contributed by atoms with E-state index in [2.05, 4.69) is 5.32 Å². The van der Waals surface area contributed by atoms with Crippen LogP contribution in [0, 0.1) is 0 Å². The Morgan fingerprint density at radius 2 is 1.80 bits per heavy atom. The van der Waals surface area contributed by atoms with Crippen LogP contribution in [0.1, 0.15) is 12.5 Å². The van der Waals surface area contributed by atoms with Crippen LogP contribution in [0.3, 0.4) is 0 Å². The lowest BCUT2D eigenvalue weighted by atomic mass is 10.2. The number of hydrogen-bond acceptors (Lipinski definition) is 2. The third kappa shape index (κ3) is 4.28. The van der Waals surface area contributed by atoms with Crippen LogP contribution in [0.4, 0.5) is 5.69 Å². The molecule has 0 fully saturated rings. The van der Waals surface area contributed by atoms with Gasteiger partial charge in [0.15, 0.2) is 0 Å². The van der Waals surface area contributed by atoms with Gasteiger partial charge in [0.05, 0.1) is 0 Å². The average molecular weight is 290 g/mol. The van der Waals surface area contributed by atoms with Crippen molar-refractivity contribution < 1.29 is 9.53 Å². The topological polar surface area (TPSA) is 38.3 Å². The molecular weight excluding hydrogens is 274 g/mol. The van der Waals surface area contributed by atoms with E-state index in [0.29, 0.717) is 12.3 Å². The maximum absolute atomic E-state index is 11.4. The fraction of sp³-hybridized carbons (Fsp3) is 0.188. The first-order valence-electron chi connectivity index (χ1n) is 6.37. The molecule has 0 bridgehead atoms. The molecule has 4 heteroatoms. The maximum atomic E-state index is 11.4. The van der Waals surface area contributed by atoms with Gasteiger partial charge in [-0.3, -0.25) is 4.79 Å². The van der Waals surface area contributed by atoms with Crippen LogP contribution in [-0.2, 0) is 11.4 Å². The second kappa shape index (κ2) is 6.96. The van der Waals surface area contributed by atoms with Gasteiger partial charge in [-0.25, -0.2) is 0 Å². The van der Waals surface area contributed by atoms with Crippen LogP contribution in [0.15, 0.2) is 54.6 Å². The SMILES string of the molecule is CC(Cl)C(=O)Nc1ccc(OCc2ccccc2)cc1. The summed E-state index contributed by atoms with van der Waals surface area (Å²) in [7, 11) is 0. The van der Waals surface area contributed by atoms with E-state index in [1.54, 1.807) is 19.1 Å². The molecule has 0 aliphatic heterocycles. The lowest BCUT2D eigenvalue weighted by Gasteiger charge is -2.09. The van der Waals surface area contributed by atoms with Crippen LogP contribution in [0.5, 0.6) is 5.75 Å². The summed E-state index contributed by atoms with van der Waals surface area (Å²) in [4.78, 5) is 11.4. The average Bonchev–Trinajstić information content (AvgIpc) is 2.47. The number of halogens is 1. The summed E-state index contributed by atoms with van der Waals surface area (Å²) < 4.78 is 5.66. The number of benzene rings is 2. The molecule has 104 valence electrons. The Kier molecular flexibility index (Phi) is 5.02. The van der Waals surface area contributed by atoms with E-state index in [1.807, 2.05) is 42.5 Å². The Balaban J connectivity index is 1.90. The highest BCUT2D eigenvalue weighted by Crippen LogP contribution is 2.17. The molecule has 2 aromatic rings. The highest BCUT2D eigenvalue weighted by Gasteiger charge is 2.08. The summed E-state index contributed by atoms with van der Waals surface area (Å²) in [6, 6.07) is 17.2. The zero-order chi connectivity index (χ0) is 14.4. The predicted molar refractivity (Wildman–Crippen MR) is 81.2 cm³/mol. The summed E-state index contributed by atoms with van der Waals surface area (Å²) in [6.45, 7) is 2.15. The molecule has 1 unspecified atom stereocenters. The van der Waals surface area contributed by atoms with Gasteiger partial charge in [-0.2, -0.15) is 0 Å². The van der Waals surface area contributed by atoms with Gasteiger partial charge in [0.2, 0.25) is 5.91 Å². The van der Waals surface area contributed by atoms with Crippen molar-refractivity contribution >= 4 is 23.2 Å². The maximum Gasteiger partial charge on any atom is 0.242 e. The third-order valence-electron chi connectivity index (χ3n) is 2.73. The van der Waals surface area contributed by atoms with E-state index in [0.717, 1.165) is 11.3 Å². The van der Waals surface area contributed by atoms with Crippen molar-refractivity contribution in [1.29, 1.82) is 0 Å². The second-order valence-corrected chi connectivity index (χ2v) is 5.06. The summed E-state index contributed by atoms with van der Waals surface area (Å²) in [5.41, 5.74) is 1.82. The number of ether oxygens (including phenoxy) is 1. The van der Waals surface area contributed by atoms with Crippen molar-refractivity contribution in [3.8, 4) is 5.75 Å². The normalized spacial score (nSPS) is 11.7. The van der Waals surface area contributed by atoms with E-state index in [-0.39, 0.29) is 5.91 Å². The van der Waals surface area contributed by atoms with E-state index < -0.39 is 5.38 Å². The Hall–Kier alpha value is -2.00. The molecule has 1 atom stereocenters. The zero-order valence-electron chi connectivity index (χ0n) is 11.2.